The molecule has 1 atom stereocenters. The van der Waals surface area contributed by atoms with Crippen molar-refractivity contribution in [1.29, 1.82) is 0 Å². The number of aryl methyl sites for hydroxylation is 1. The first-order valence-corrected chi connectivity index (χ1v) is 12.6. The molecule has 5 rings (SSSR count). The molecule has 1 N–H and O–H groups in total. The van der Waals surface area contributed by atoms with Crippen LogP contribution in [0.1, 0.15) is 33.2 Å². The molecule has 2 aromatic carbocycles. The zero-order valence-corrected chi connectivity index (χ0v) is 20.6. The van der Waals surface area contributed by atoms with Gasteiger partial charge >= 0.3 is 0 Å². The SMILES string of the molecule is C=CC(=O)N1CCc2c(sc3ncnc(NC(COCc4cccc(C)c4)c4ccccc4)c23)C1. The third-order valence-corrected chi connectivity index (χ3v) is 7.40. The van der Waals surface area contributed by atoms with E-state index in [2.05, 4.69) is 65.2 Å². The maximum Gasteiger partial charge on any atom is 0.246 e. The predicted molar refractivity (Wildman–Crippen MR) is 140 cm³/mol. The summed E-state index contributed by atoms with van der Waals surface area (Å²) in [5, 5.41) is 4.70. The highest BCUT2D eigenvalue weighted by atomic mass is 32.1. The van der Waals surface area contributed by atoms with E-state index in [4.69, 9.17) is 4.74 Å². The standard InChI is InChI=1S/C28H28N4O2S/c1-3-25(33)32-13-12-22-24(15-32)35-28-26(22)27(29-18-30-28)31-23(21-10-5-4-6-11-21)17-34-16-20-9-7-8-19(2)14-20/h3-11,14,18,23H,1,12-13,15-17H2,2H3,(H,29,30,31). The van der Waals surface area contributed by atoms with Crippen molar-refractivity contribution in [2.24, 2.45) is 0 Å². The molecule has 2 aromatic heterocycles. The lowest BCUT2D eigenvalue weighted by Crippen LogP contribution is -2.34. The van der Waals surface area contributed by atoms with Crippen LogP contribution in [0.5, 0.6) is 0 Å². The molecule has 0 saturated carbocycles. The minimum Gasteiger partial charge on any atom is -0.374 e. The highest BCUT2D eigenvalue weighted by molar-refractivity contribution is 7.19. The van der Waals surface area contributed by atoms with E-state index in [-0.39, 0.29) is 11.9 Å². The summed E-state index contributed by atoms with van der Waals surface area (Å²) in [6.07, 6.45) is 3.76. The fraction of sp³-hybridized carbons (Fsp3) is 0.250. The molecule has 0 spiro atoms. The first-order chi connectivity index (χ1) is 17.1. The molecule has 0 fully saturated rings. The first-order valence-electron chi connectivity index (χ1n) is 11.7. The highest BCUT2D eigenvalue weighted by Crippen LogP contribution is 2.38. The Bertz CT molecular complexity index is 1350. The van der Waals surface area contributed by atoms with Crippen LogP contribution in [0.2, 0.25) is 0 Å². The van der Waals surface area contributed by atoms with E-state index in [1.807, 2.05) is 23.1 Å². The van der Waals surface area contributed by atoms with Gasteiger partial charge < -0.3 is 15.0 Å². The van der Waals surface area contributed by atoms with E-state index in [0.717, 1.165) is 38.5 Å². The Labute approximate surface area is 209 Å². The zero-order valence-electron chi connectivity index (χ0n) is 19.7. The van der Waals surface area contributed by atoms with Gasteiger partial charge in [-0.25, -0.2) is 9.97 Å². The Kier molecular flexibility index (Phi) is 6.88. The number of anilines is 1. The predicted octanol–water partition coefficient (Wildman–Crippen LogP) is 5.44. The number of fused-ring (bicyclic) bond motifs is 3. The lowest BCUT2D eigenvalue weighted by Gasteiger charge is -2.26. The first kappa shape index (κ1) is 23.2. The fourth-order valence-electron chi connectivity index (χ4n) is 4.52. The van der Waals surface area contributed by atoms with Gasteiger partial charge in [-0.05, 0) is 36.1 Å². The van der Waals surface area contributed by atoms with Crippen LogP contribution in [0.15, 0.2) is 73.6 Å². The molecule has 0 bridgehead atoms. The van der Waals surface area contributed by atoms with Crippen LogP contribution in [-0.4, -0.2) is 33.9 Å². The van der Waals surface area contributed by atoms with Gasteiger partial charge in [-0.1, -0.05) is 66.7 Å². The van der Waals surface area contributed by atoms with Gasteiger partial charge in [0.2, 0.25) is 5.91 Å². The topological polar surface area (TPSA) is 67.4 Å². The maximum atomic E-state index is 12.1. The largest absolute Gasteiger partial charge is 0.374 e. The number of amides is 1. The summed E-state index contributed by atoms with van der Waals surface area (Å²) >= 11 is 1.63. The van der Waals surface area contributed by atoms with E-state index < -0.39 is 0 Å². The summed E-state index contributed by atoms with van der Waals surface area (Å²) in [5.41, 5.74) is 4.75. The van der Waals surface area contributed by atoms with E-state index in [0.29, 0.717) is 26.3 Å². The summed E-state index contributed by atoms with van der Waals surface area (Å²) in [5.74, 6) is 0.774. The number of thiophene rings is 1. The summed E-state index contributed by atoms with van der Waals surface area (Å²) < 4.78 is 6.17. The molecule has 3 heterocycles. The number of hydrogen-bond donors (Lipinski definition) is 1. The van der Waals surface area contributed by atoms with Crippen molar-refractivity contribution in [3.05, 3.63) is 101 Å². The van der Waals surface area contributed by atoms with Crippen molar-refractivity contribution >= 4 is 33.3 Å². The number of carbonyl (C=O) groups is 1. The zero-order chi connectivity index (χ0) is 24.2. The molecule has 1 aliphatic heterocycles. The molecular formula is C28H28N4O2S. The summed E-state index contributed by atoms with van der Waals surface area (Å²) in [6.45, 7) is 8.01. The minimum absolute atomic E-state index is 0.0348. The quantitative estimate of drug-likeness (QED) is 0.337. The van der Waals surface area contributed by atoms with Crippen LogP contribution in [0.25, 0.3) is 10.2 Å². The third-order valence-electron chi connectivity index (χ3n) is 6.27. The van der Waals surface area contributed by atoms with Crippen LogP contribution in [0.4, 0.5) is 5.82 Å². The Morgan fingerprint density at radius 2 is 2.09 bits per heavy atom. The fourth-order valence-corrected chi connectivity index (χ4v) is 5.73. The number of nitrogens with zero attached hydrogens (tertiary/aromatic N) is 3. The number of carbonyl (C=O) groups excluding carboxylic acids is 1. The van der Waals surface area contributed by atoms with Crippen molar-refractivity contribution in [3.8, 4) is 0 Å². The second-order valence-electron chi connectivity index (χ2n) is 8.73. The van der Waals surface area contributed by atoms with Crippen molar-refractivity contribution in [1.82, 2.24) is 14.9 Å². The second kappa shape index (κ2) is 10.4. The van der Waals surface area contributed by atoms with Gasteiger partial charge in [0.25, 0.3) is 0 Å². The summed E-state index contributed by atoms with van der Waals surface area (Å²) in [7, 11) is 0. The van der Waals surface area contributed by atoms with Gasteiger partial charge in [0, 0.05) is 11.4 Å². The number of ether oxygens (including phenoxy) is 1. The number of aromatic nitrogens is 2. The molecule has 4 aromatic rings. The molecule has 1 amide bonds. The van der Waals surface area contributed by atoms with Gasteiger partial charge in [-0.3, -0.25) is 4.79 Å². The van der Waals surface area contributed by atoms with Gasteiger partial charge in [0.1, 0.15) is 17.0 Å². The monoisotopic (exact) mass is 484 g/mol. The molecule has 7 heteroatoms. The van der Waals surface area contributed by atoms with Crippen molar-refractivity contribution in [2.45, 2.75) is 32.5 Å². The van der Waals surface area contributed by atoms with Gasteiger partial charge in [-0.2, -0.15) is 0 Å². The average Bonchev–Trinajstić information content (AvgIpc) is 3.27. The van der Waals surface area contributed by atoms with Crippen LogP contribution in [0.3, 0.4) is 0 Å². The summed E-state index contributed by atoms with van der Waals surface area (Å²) in [4.78, 5) is 25.2. The van der Waals surface area contributed by atoms with Gasteiger partial charge in [-0.15, -0.1) is 11.3 Å². The molecule has 178 valence electrons. The number of benzene rings is 2. The van der Waals surface area contributed by atoms with Crippen molar-refractivity contribution < 1.29 is 9.53 Å². The normalized spacial score (nSPS) is 13.9. The molecule has 35 heavy (non-hydrogen) atoms. The molecule has 1 aliphatic rings. The Morgan fingerprint density at radius 3 is 2.89 bits per heavy atom. The van der Waals surface area contributed by atoms with E-state index in [9.17, 15) is 4.79 Å². The average molecular weight is 485 g/mol. The van der Waals surface area contributed by atoms with Crippen LogP contribution < -0.4 is 5.32 Å². The lowest BCUT2D eigenvalue weighted by atomic mass is 10.0. The van der Waals surface area contributed by atoms with Crippen LogP contribution >= 0.6 is 11.3 Å². The second-order valence-corrected chi connectivity index (χ2v) is 9.82. The van der Waals surface area contributed by atoms with Crippen molar-refractivity contribution in [2.75, 3.05) is 18.5 Å². The molecule has 0 aliphatic carbocycles. The van der Waals surface area contributed by atoms with Crippen LogP contribution in [-0.2, 0) is 29.1 Å². The van der Waals surface area contributed by atoms with E-state index in [1.54, 1.807) is 17.7 Å². The smallest absolute Gasteiger partial charge is 0.246 e. The van der Waals surface area contributed by atoms with E-state index >= 15 is 0 Å². The van der Waals surface area contributed by atoms with Gasteiger partial charge in [0.05, 0.1) is 31.2 Å². The number of rotatable bonds is 8. The van der Waals surface area contributed by atoms with Crippen LogP contribution in [0, 0.1) is 6.92 Å². The maximum absolute atomic E-state index is 12.1. The Balaban J connectivity index is 1.40. The Morgan fingerprint density at radius 1 is 1.23 bits per heavy atom. The number of nitrogens with one attached hydrogen (secondary N) is 1. The molecular weight excluding hydrogens is 456 g/mol. The van der Waals surface area contributed by atoms with Gasteiger partial charge in [0.15, 0.2) is 0 Å². The molecule has 6 nitrogen and oxygen atoms in total. The van der Waals surface area contributed by atoms with E-state index in [1.165, 1.54) is 17.2 Å². The number of hydrogen-bond acceptors (Lipinski definition) is 6. The lowest BCUT2D eigenvalue weighted by molar-refractivity contribution is -0.126. The summed E-state index contributed by atoms with van der Waals surface area (Å²) in [6, 6.07) is 18.6. The minimum atomic E-state index is -0.0721. The molecule has 1 unspecified atom stereocenters. The highest BCUT2D eigenvalue weighted by Gasteiger charge is 2.26. The van der Waals surface area contributed by atoms with Crippen molar-refractivity contribution in [3.63, 3.8) is 0 Å². The molecule has 0 radical (unpaired) electrons. The Hall–Kier alpha value is -3.55. The molecule has 0 saturated heterocycles. The third kappa shape index (κ3) is 5.11.